The molecule has 0 aromatic carbocycles. The molecule has 3 aliphatic carbocycles. The van der Waals surface area contributed by atoms with Crippen LogP contribution in [0.15, 0.2) is 24.3 Å². The zero-order valence-electron chi connectivity index (χ0n) is 28.2. The quantitative estimate of drug-likeness (QED) is 0.0804. The van der Waals surface area contributed by atoms with Crippen molar-refractivity contribution in [3.8, 4) is 0 Å². The number of ether oxygens (including phenoxy) is 4. The number of esters is 2. The van der Waals surface area contributed by atoms with Crippen LogP contribution in [0.2, 0.25) is 0 Å². The molecule has 48 heavy (non-hydrogen) atoms. The summed E-state index contributed by atoms with van der Waals surface area (Å²) in [6.45, 7) is 5.42. The highest BCUT2D eigenvalue weighted by Crippen LogP contribution is 2.62. The van der Waals surface area contributed by atoms with E-state index >= 15 is 0 Å². The van der Waals surface area contributed by atoms with Gasteiger partial charge < -0.3 is 18.9 Å². The van der Waals surface area contributed by atoms with Crippen molar-refractivity contribution < 1.29 is 47.7 Å². The van der Waals surface area contributed by atoms with Gasteiger partial charge in [0.2, 0.25) is 0 Å². The molecule has 2 bridgehead atoms. The van der Waals surface area contributed by atoms with Gasteiger partial charge in [-0.1, -0.05) is 12.8 Å². The van der Waals surface area contributed by atoms with Crippen LogP contribution in [0.5, 0.6) is 0 Å². The fraction of sp³-hybridized carbons (Fsp3) is 0.722. The van der Waals surface area contributed by atoms with Gasteiger partial charge in [0.25, 0.3) is 23.6 Å². The van der Waals surface area contributed by atoms with Gasteiger partial charge in [0.15, 0.2) is 12.6 Å². The van der Waals surface area contributed by atoms with Crippen molar-refractivity contribution in [2.75, 3.05) is 26.3 Å². The second-order valence-corrected chi connectivity index (χ2v) is 14.0. The van der Waals surface area contributed by atoms with Crippen LogP contribution in [-0.4, -0.2) is 84.3 Å². The van der Waals surface area contributed by atoms with Crippen LogP contribution in [0.3, 0.4) is 0 Å². The van der Waals surface area contributed by atoms with E-state index in [2.05, 4.69) is 0 Å². The van der Waals surface area contributed by atoms with Crippen LogP contribution in [-0.2, 0) is 47.7 Å². The Labute approximate surface area is 282 Å². The average molecular weight is 671 g/mol. The monoisotopic (exact) mass is 670 g/mol. The van der Waals surface area contributed by atoms with E-state index < -0.39 is 12.6 Å². The first kappa shape index (κ1) is 35.9. The minimum Gasteiger partial charge on any atom is -0.436 e. The molecule has 8 atom stereocenters. The number of rotatable bonds is 20. The molecule has 12 heteroatoms. The molecular formula is C36H50N2O10. The molecule has 264 valence electrons. The summed E-state index contributed by atoms with van der Waals surface area (Å²) in [6, 6.07) is 0. The molecule has 4 amide bonds. The Bertz CT molecular complexity index is 1240. The largest absolute Gasteiger partial charge is 0.436 e. The number of amides is 4. The van der Waals surface area contributed by atoms with Crippen molar-refractivity contribution in [2.24, 2.45) is 35.5 Å². The molecule has 0 radical (unpaired) electrons. The number of hydrogen-bond acceptors (Lipinski definition) is 10. The first-order valence-electron chi connectivity index (χ1n) is 17.8. The molecule has 2 aliphatic heterocycles. The predicted octanol–water partition coefficient (Wildman–Crippen LogP) is 4.07. The van der Waals surface area contributed by atoms with E-state index in [9.17, 15) is 28.8 Å². The SMILES string of the molecule is CC(OCC1CC2C3CC(COC(C)OC(=O)CCCCCN4C(=O)C=CC4=O)C(C3)C2C1)OC(=O)CCCCCN1C(=O)C=CC1=O. The van der Waals surface area contributed by atoms with Crippen LogP contribution in [0.25, 0.3) is 0 Å². The number of fused-ring (bicyclic) bond motifs is 5. The van der Waals surface area contributed by atoms with Crippen LogP contribution in [0.1, 0.15) is 90.9 Å². The van der Waals surface area contributed by atoms with Crippen molar-refractivity contribution in [3.05, 3.63) is 24.3 Å². The lowest BCUT2D eigenvalue weighted by Crippen LogP contribution is -2.30. The van der Waals surface area contributed by atoms with E-state index in [1.54, 1.807) is 13.8 Å². The van der Waals surface area contributed by atoms with Crippen LogP contribution < -0.4 is 0 Å². The Morgan fingerprint density at radius 3 is 1.62 bits per heavy atom. The van der Waals surface area contributed by atoms with E-state index in [1.165, 1.54) is 40.5 Å². The topological polar surface area (TPSA) is 146 Å². The van der Waals surface area contributed by atoms with E-state index in [4.69, 9.17) is 18.9 Å². The van der Waals surface area contributed by atoms with E-state index in [-0.39, 0.29) is 48.4 Å². The fourth-order valence-electron chi connectivity index (χ4n) is 8.48. The smallest absolute Gasteiger partial charge is 0.308 e. The van der Waals surface area contributed by atoms with Crippen LogP contribution >= 0.6 is 0 Å². The van der Waals surface area contributed by atoms with Gasteiger partial charge in [0.1, 0.15) is 0 Å². The maximum Gasteiger partial charge on any atom is 0.308 e. The van der Waals surface area contributed by atoms with Gasteiger partial charge in [-0.25, -0.2) is 0 Å². The third-order valence-electron chi connectivity index (χ3n) is 10.7. The lowest BCUT2D eigenvalue weighted by molar-refractivity contribution is -0.178. The minimum atomic E-state index is -0.602. The fourth-order valence-corrected chi connectivity index (χ4v) is 8.48. The number of carbonyl (C=O) groups is 6. The van der Waals surface area contributed by atoms with Crippen molar-refractivity contribution in [2.45, 2.75) is 103 Å². The van der Waals surface area contributed by atoms with Crippen molar-refractivity contribution in [3.63, 3.8) is 0 Å². The van der Waals surface area contributed by atoms with E-state index in [0.717, 1.165) is 32.1 Å². The van der Waals surface area contributed by atoms with Gasteiger partial charge in [0, 0.05) is 50.2 Å². The standard InChI is InChI=1S/C36H50N2O10/c1-23(47-35(43)9-5-3-7-15-37-31(39)11-12-32(37)40)45-21-25-17-28-26-19-27(29(20-26)30(28)18-25)22-46-24(2)48-36(44)10-6-4-8-16-38-33(41)13-14-34(38)42/h11-14,23-30H,3-10,15-22H2,1-2H3. The molecule has 12 nitrogen and oxygen atoms in total. The zero-order chi connectivity index (χ0) is 34.2. The highest BCUT2D eigenvalue weighted by molar-refractivity contribution is 6.13. The number of hydrogen-bond donors (Lipinski definition) is 0. The van der Waals surface area contributed by atoms with Gasteiger partial charge in [-0.15, -0.1) is 0 Å². The third kappa shape index (κ3) is 9.40. The zero-order valence-corrected chi connectivity index (χ0v) is 28.2. The molecule has 0 N–H and O–H groups in total. The highest BCUT2D eigenvalue weighted by Gasteiger charge is 2.55. The Kier molecular flexibility index (Phi) is 12.6. The lowest BCUT2D eigenvalue weighted by Gasteiger charge is -2.31. The maximum absolute atomic E-state index is 12.3. The summed E-state index contributed by atoms with van der Waals surface area (Å²) in [6.07, 6.45) is 13.1. The van der Waals surface area contributed by atoms with Crippen LogP contribution in [0.4, 0.5) is 0 Å². The molecule has 0 saturated heterocycles. The van der Waals surface area contributed by atoms with Crippen molar-refractivity contribution >= 4 is 35.6 Å². The average Bonchev–Trinajstić information content (AvgIpc) is 3.86. The Hall–Kier alpha value is -3.38. The molecule has 3 saturated carbocycles. The van der Waals surface area contributed by atoms with Crippen molar-refractivity contribution in [1.29, 1.82) is 0 Å². The third-order valence-corrected chi connectivity index (χ3v) is 10.7. The molecule has 8 unspecified atom stereocenters. The van der Waals surface area contributed by atoms with E-state index in [1.807, 2.05) is 0 Å². The molecule has 2 heterocycles. The number of unbranched alkanes of at least 4 members (excludes halogenated alkanes) is 4. The molecule has 3 fully saturated rings. The number of nitrogens with zero attached hydrogens (tertiary/aromatic N) is 2. The van der Waals surface area contributed by atoms with E-state index in [0.29, 0.717) is 87.5 Å². The second kappa shape index (κ2) is 16.8. The molecule has 5 rings (SSSR count). The number of imide groups is 2. The second-order valence-electron chi connectivity index (χ2n) is 14.0. The first-order chi connectivity index (χ1) is 23.1. The summed E-state index contributed by atoms with van der Waals surface area (Å²) < 4.78 is 22.9. The lowest BCUT2D eigenvalue weighted by atomic mass is 9.76. The molecular weight excluding hydrogens is 620 g/mol. The van der Waals surface area contributed by atoms with Crippen LogP contribution in [0, 0.1) is 35.5 Å². The van der Waals surface area contributed by atoms with Gasteiger partial charge >= 0.3 is 11.9 Å². The Balaban J connectivity index is 0.893. The summed E-state index contributed by atoms with van der Waals surface area (Å²) in [5.74, 6) is 1.88. The summed E-state index contributed by atoms with van der Waals surface area (Å²) >= 11 is 0. The molecule has 0 spiro atoms. The Morgan fingerprint density at radius 1 is 0.625 bits per heavy atom. The number of carbonyl (C=O) groups excluding carboxylic acids is 6. The summed E-state index contributed by atoms with van der Waals surface area (Å²) in [7, 11) is 0. The highest BCUT2D eigenvalue weighted by atomic mass is 16.7. The summed E-state index contributed by atoms with van der Waals surface area (Å²) in [5, 5.41) is 0. The predicted molar refractivity (Wildman–Crippen MR) is 171 cm³/mol. The summed E-state index contributed by atoms with van der Waals surface area (Å²) in [5.41, 5.74) is 0. The minimum absolute atomic E-state index is 0.275. The van der Waals surface area contributed by atoms with Gasteiger partial charge in [-0.2, -0.15) is 0 Å². The summed E-state index contributed by atoms with van der Waals surface area (Å²) in [4.78, 5) is 73.4. The van der Waals surface area contributed by atoms with Gasteiger partial charge in [-0.05, 0) is 101 Å². The first-order valence-corrected chi connectivity index (χ1v) is 17.8. The molecule has 5 aliphatic rings. The maximum atomic E-state index is 12.3. The normalized spacial score (nSPS) is 28.5. The molecule has 0 aromatic heterocycles. The van der Waals surface area contributed by atoms with Gasteiger partial charge in [0.05, 0.1) is 13.2 Å². The van der Waals surface area contributed by atoms with Crippen molar-refractivity contribution in [1.82, 2.24) is 9.80 Å². The Morgan fingerprint density at radius 2 is 1.10 bits per heavy atom. The van der Waals surface area contributed by atoms with Gasteiger partial charge in [-0.3, -0.25) is 38.6 Å². The molecule has 0 aromatic rings.